The van der Waals surface area contributed by atoms with Crippen LogP contribution in [0, 0.1) is 11.3 Å². The lowest BCUT2D eigenvalue weighted by atomic mass is 9.94. The molecule has 0 spiro atoms. The fourth-order valence-electron chi connectivity index (χ4n) is 4.51. The third-order valence-corrected chi connectivity index (χ3v) is 6.26. The number of nitrogens with one attached hydrogen (secondary N) is 1. The van der Waals surface area contributed by atoms with Crippen LogP contribution in [0.5, 0.6) is 0 Å². The summed E-state index contributed by atoms with van der Waals surface area (Å²) in [7, 11) is 6.15. The molecule has 2 aromatic rings. The highest BCUT2D eigenvalue weighted by molar-refractivity contribution is 6.07. The van der Waals surface area contributed by atoms with Gasteiger partial charge in [-0.2, -0.15) is 18.4 Å². The first kappa shape index (κ1) is 28.2. The predicted molar refractivity (Wildman–Crippen MR) is 127 cm³/mol. The van der Waals surface area contributed by atoms with Gasteiger partial charge in [-0.25, -0.2) is 4.79 Å². The van der Waals surface area contributed by atoms with Crippen molar-refractivity contribution < 1.29 is 44.2 Å². The van der Waals surface area contributed by atoms with Gasteiger partial charge in [0.2, 0.25) is 0 Å². The lowest BCUT2D eigenvalue weighted by molar-refractivity contribution is -0.870. The van der Waals surface area contributed by atoms with Gasteiger partial charge >= 0.3 is 12.2 Å². The zero-order chi connectivity index (χ0) is 26.3. The topological polar surface area (TPSA) is 76.4 Å². The van der Waals surface area contributed by atoms with Crippen molar-refractivity contribution in [3.05, 3.63) is 76.5 Å². The summed E-state index contributed by atoms with van der Waals surface area (Å²) in [5.41, 5.74) is 0.882. The summed E-state index contributed by atoms with van der Waals surface area (Å²) < 4.78 is 40.9. The summed E-state index contributed by atoms with van der Waals surface area (Å²) >= 11 is 0. The van der Waals surface area contributed by atoms with Gasteiger partial charge in [0.05, 0.1) is 74.4 Å². The smallest absolute Gasteiger partial charge is 0.416 e. The Morgan fingerprint density at radius 1 is 1.11 bits per heavy atom. The molecule has 11 heteroatoms. The number of quaternary nitrogens is 1. The van der Waals surface area contributed by atoms with Gasteiger partial charge in [-0.15, -0.1) is 0 Å². The van der Waals surface area contributed by atoms with E-state index in [0.29, 0.717) is 28.9 Å². The zero-order valence-electron chi connectivity index (χ0n) is 20.6. The van der Waals surface area contributed by atoms with E-state index in [1.165, 1.54) is 17.0 Å². The van der Waals surface area contributed by atoms with Gasteiger partial charge in [0.1, 0.15) is 0 Å². The highest BCUT2D eigenvalue weighted by atomic mass is 79.9. The van der Waals surface area contributed by atoms with E-state index in [4.69, 9.17) is 5.26 Å². The summed E-state index contributed by atoms with van der Waals surface area (Å²) in [5.74, 6) is -0.266. The number of hydrogen-bond donors (Lipinski definition) is 1. The van der Waals surface area contributed by atoms with Crippen LogP contribution in [0.3, 0.4) is 0 Å². The number of hydrogen-bond acceptors (Lipinski definition) is 3. The van der Waals surface area contributed by atoms with Crippen molar-refractivity contribution in [2.75, 3.05) is 45.7 Å². The van der Waals surface area contributed by atoms with E-state index in [2.05, 4.69) is 5.32 Å². The molecule has 3 amide bonds. The van der Waals surface area contributed by atoms with Gasteiger partial charge in [0.25, 0.3) is 5.91 Å². The number of urea groups is 1. The quantitative estimate of drug-likeness (QED) is 0.521. The Morgan fingerprint density at radius 3 is 2.38 bits per heavy atom. The highest BCUT2D eigenvalue weighted by Crippen LogP contribution is 2.40. The van der Waals surface area contributed by atoms with E-state index < -0.39 is 23.8 Å². The van der Waals surface area contributed by atoms with Crippen molar-refractivity contribution in [3.63, 3.8) is 0 Å². The van der Waals surface area contributed by atoms with Gasteiger partial charge in [-0.3, -0.25) is 9.69 Å². The number of halogens is 4. The zero-order valence-corrected chi connectivity index (χ0v) is 22.2. The third-order valence-electron chi connectivity index (χ3n) is 6.26. The third kappa shape index (κ3) is 5.97. The number of amides is 3. The highest BCUT2D eigenvalue weighted by Gasteiger charge is 2.45. The fourth-order valence-corrected chi connectivity index (χ4v) is 4.51. The van der Waals surface area contributed by atoms with Gasteiger partial charge in [0.15, 0.2) is 0 Å². The maximum atomic E-state index is 13.6. The van der Waals surface area contributed by atoms with E-state index >= 15 is 0 Å². The number of anilines is 1. The second-order valence-corrected chi connectivity index (χ2v) is 9.95. The van der Waals surface area contributed by atoms with Crippen molar-refractivity contribution in [1.82, 2.24) is 10.2 Å². The molecule has 0 saturated heterocycles. The van der Waals surface area contributed by atoms with Crippen LogP contribution in [0.25, 0.3) is 0 Å². The Morgan fingerprint density at radius 2 is 1.78 bits per heavy atom. The van der Waals surface area contributed by atoms with Crippen molar-refractivity contribution in [2.24, 2.45) is 0 Å². The molecule has 0 fully saturated rings. The Labute approximate surface area is 224 Å². The first-order chi connectivity index (χ1) is 16.9. The summed E-state index contributed by atoms with van der Waals surface area (Å²) in [6, 6.07) is 11.7. The van der Waals surface area contributed by atoms with Gasteiger partial charge < -0.3 is 31.7 Å². The van der Waals surface area contributed by atoms with Crippen LogP contribution in [0.2, 0.25) is 0 Å². The van der Waals surface area contributed by atoms with Crippen LogP contribution >= 0.6 is 0 Å². The van der Waals surface area contributed by atoms with Crippen molar-refractivity contribution >= 4 is 17.6 Å². The minimum atomic E-state index is -4.58. The van der Waals surface area contributed by atoms with E-state index in [-0.39, 0.29) is 35.1 Å². The summed E-state index contributed by atoms with van der Waals surface area (Å²) in [5, 5.41) is 11.9. The molecule has 2 heterocycles. The monoisotopic (exact) mass is 577 g/mol. The lowest BCUT2D eigenvalue weighted by Gasteiger charge is -2.34. The molecule has 1 N–H and O–H groups in total. The van der Waals surface area contributed by atoms with Gasteiger partial charge in [0, 0.05) is 13.0 Å². The normalized spacial score (nSPS) is 17.8. The minimum absolute atomic E-state index is 0. The molecule has 0 unspecified atom stereocenters. The molecule has 2 aliphatic heterocycles. The number of carbonyl (C=O) groups is 2. The Balaban J connectivity index is 0.00000380. The number of nitriles is 1. The van der Waals surface area contributed by atoms with Gasteiger partial charge in [-0.1, -0.05) is 18.2 Å². The molecule has 0 radical (unpaired) electrons. The van der Waals surface area contributed by atoms with Crippen molar-refractivity contribution in [1.29, 1.82) is 5.26 Å². The summed E-state index contributed by atoms with van der Waals surface area (Å²) in [6.45, 7) is 1.38. The largest absolute Gasteiger partial charge is 1.00 e. The van der Waals surface area contributed by atoms with E-state index in [1.54, 1.807) is 29.2 Å². The SMILES string of the molecule is C[N+](C)(C)CCCN1CC2=C(C1=O)[C@@H](c1ccc(C#N)cc1)NC(=O)N2c1cccc(C(F)(F)F)c1.[Br-]. The molecule has 0 aromatic heterocycles. The molecule has 37 heavy (non-hydrogen) atoms. The first-order valence-corrected chi connectivity index (χ1v) is 11.5. The van der Waals surface area contributed by atoms with Crippen molar-refractivity contribution in [2.45, 2.75) is 18.6 Å². The van der Waals surface area contributed by atoms with E-state index in [0.717, 1.165) is 29.6 Å². The standard InChI is InChI=1S/C26H26F3N5O2.BrH/c1-34(2,3)13-5-12-32-16-21-22(24(32)35)23(18-10-8-17(15-30)9-11-18)31-25(36)33(21)20-7-4-6-19(14-20)26(27,28)29;/h4,6-11,14,23H,5,12-13,16H2,1-3H3;1H/t23-;/m1./s1. The average molecular weight is 578 g/mol. The van der Waals surface area contributed by atoms with E-state index in [9.17, 15) is 22.8 Å². The molecule has 0 aliphatic carbocycles. The molecule has 0 bridgehead atoms. The average Bonchev–Trinajstić information content (AvgIpc) is 3.13. The number of carbonyl (C=O) groups excluding carboxylic acids is 2. The second kappa shape index (κ2) is 10.6. The predicted octanol–water partition coefficient (Wildman–Crippen LogP) is 1.04. The minimum Gasteiger partial charge on any atom is -1.00 e. The molecule has 7 nitrogen and oxygen atoms in total. The molecular weight excluding hydrogens is 551 g/mol. The van der Waals surface area contributed by atoms with Crippen LogP contribution in [-0.4, -0.2) is 62.1 Å². The number of nitrogens with zero attached hydrogens (tertiary/aromatic N) is 4. The molecule has 0 saturated carbocycles. The van der Waals surface area contributed by atoms with Gasteiger partial charge in [-0.05, 0) is 35.9 Å². The van der Waals surface area contributed by atoms with Crippen molar-refractivity contribution in [3.8, 4) is 6.07 Å². The molecule has 4 rings (SSSR count). The second-order valence-electron chi connectivity index (χ2n) is 9.95. The lowest BCUT2D eigenvalue weighted by Crippen LogP contribution is -3.00. The van der Waals surface area contributed by atoms with Crippen LogP contribution in [0.4, 0.5) is 23.7 Å². The summed E-state index contributed by atoms with van der Waals surface area (Å²) in [4.78, 5) is 29.6. The molecule has 1 atom stereocenters. The van der Waals surface area contributed by atoms with Crippen LogP contribution in [0.1, 0.15) is 29.2 Å². The Hall–Kier alpha value is -3.36. The molecular formula is C26H27BrF3N5O2. The van der Waals surface area contributed by atoms with E-state index in [1.807, 2.05) is 27.2 Å². The maximum Gasteiger partial charge on any atom is 0.416 e. The van der Waals surface area contributed by atoms with Crippen LogP contribution in [0.15, 0.2) is 59.8 Å². The fraction of sp³-hybridized carbons (Fsp3) is 0.346. The Kier molecular flexibility index (Phi) is 8.05. The molecule has 2 aromatic carbocycles. The number of benzene rings is 2. The number of rotatable bonds is 6. The van der Waals surface area contributed by atoms with Crippen LogP contribution < -0.4 is 27.2 Å². The maximum absolute atomic E-state index is 13.6. The number of alkyl halides is 3. The molecule has 2 aliphatic rings. The molecule has 196 valence electrons. The first-order valence-electron chi connectivity index (χ1n) is 11.5. The summed E-state index contributed by atoms with van der Waals surface area (Å²) in [6.07, 6.45) is -3.85. The Bertz CT molecular complexity index is 1260. The van der Waals surface area contributed by atoms with Crippen LogP contribution in [-0.2, 0) is 11.0 Å².